The van der Waals surface area contributed by atoms with Gasteiger partial charge in [0.2, 0.25) is 0 Å². The van der Waals surface area contributed by atoms with Crippen molar-refractivity contribution in [2.24, 2.45) is 0 Å². The van der Waals surface area contributed by atoms with E-state index >= 15 is 0 Å². The molecule has 33 heavy (non-hydrogen) atoms. The number of thiophene rings is 1. The molecule has 1 N–H and O–H groups in total. The molecule has 0 bridgehead atoms. The fraction of sp³-hybridized carbons (Fsp3) is 0.259. The van der Waals surface area contributed by atoms with Gasteiger partial charge < -0.3 is 10.2 Å². The van der Waals surface area contributed by atoms with Gasteiger partial charge in [-0.3, -0.25) is 9.59 Å². The second-order valence-corrected chi connectivity index (χ2v) is 9.73. The average molecular weight is 458 g/mol. The molecular weight excluding hydrogens is 430 g/mol. The minimum atomic E-state index is -0.329. The van der Waals surface area contributed by atoms with Crippen LogP contribution in [0.5, 0.6) is 0 Å². The molecular formula is C27H27N3O2S. The smallest absolute Gasteiger partial charge is 0.282 e. The number of nitrogens with zero attached hydrogens (tertiary/aromatic N) is 2. The first-order valence-electron chi connectivity index (χ1n) is 11.4. The maximum Gasteiger partial charge on any atom is 0.282 e. The van der Waals surface area contributed by atoms with Crippen LogP contribution in [0, 0.1) is 0 Å². The average Bonchev–Trinajstić information content (AvgIpc) is 3.57. The Kier molecular flexibility index (Phi) is 5.77. The second kappa shape index (κ2) is 8.87. The number of imide groups is 1. The first-order valence-corrected chi connectivity index (χ1v) is 12.3. The Morgan fingerprint density at radius 3 is 2.12 bits per heavy atom. The number of nitrogens with one attached hydrogen (secondary N) is 1. The van der Waals surface area contributed by atoms with E-state index in [9.17, 15) is 9.59 Å². The van der Waals surface area contributed by atoms with Crippen LogP contribution in [0.2, 0.25) is 0 Å². The number of anilines is 3. The van der Waals surface area contributed by atoms with E-state index in [1.54, 1.807) is 0 Å². The van der Waals surface area contributed by atoms with Crippen LogP contribution < -0.4 is 15.1 Å². The van der Waals surface area contributed by atoms with Crippen LogP contribution in [-0.4, -0.2) is 24.9 Å². The lowest BCUT2D eigenvalue weighted by atomic mass is 10.0. The Labute approximate surface area is 198 Å². The molecule has 5 rings (SSSR count). The van der Waals surface area contributed by atoms with Gasteiger partial charge in [-0.2, -0.15) is 0 Å². The quantitative estimate of drug-likeness (QED) is 0.471. The maximum absolute atomic E-state index is 13.5. The molecule has 2 amide bonds. The van der Waals surface area contributed by atoms with Crippen molar-refractivity contribution >= 4 is 45.8 Å². The summed E-state index contributed by atoms with van der Waals surface area (Å²) in [5.41, 5.74) is 4.48. The lowest BCUT2D eigenvalue weighted by molar-refractivity contribution is -0.120. The fourth-order valence-corrected chi connectivity index (χ4v) is 5.18. The molecule has 1 saturated heterocycles. The Hall–Kier alpha value is -3.38. The molecule has 3 aromatic rings. The van der Waals surface area contributed by atoms with Gasteiger partial charge in [0.05, 0.1) is 11.3 Å². The fourth-order valence-electron chi connectivity index (χ4n) is 4.41. The molecule has 0 spiro atoms. The largest absolute Gasteiger partial charge is 0.372 e. The predicted molar refractivity (Wildman–Crippen MR) is 136 cm³/mol. The van der Waals surface area contributed by atoms with Crippen LogP contribution in [0.25, 0.3) is 5.57 Å². The highest BCUT2D eigenvalue weighted by molar-refractivity contribution is 7.11. The molecule has 2 aliphatic rings. The van der Waals surface area contributed by atoms with Gasteiger partial charge in [-0.25, -0.2) is 4.90 Å². The Morgan fingerprint density at radius 1 is 0.848 bits per heavy atom. The molecule has 1 aromatic heterocycles. The van der Waals surface area contributed by atoms with Crippen molar-refractivity contribution in [3.05, 3.63) is 82.2 Å². The summed E-state index contributed by atoms with van der Waals surface area (Å²) in [5.74, 6) is -0.246. The Balaban J connectivity index is 1.46. The molecule has 0 radical (unpaired) electrons. The van der Waals surface area contributed by atoms with E-state index in [4.69, 9.17) is 0 Å². The highest BCUT2D eigenvalue weighted by Crippen LogP contribution is 2.36. The van der Waals surface area contributed by atoms with Crippen molar-refractivity contribution in [1.29, 1.82) is 0 Å². The third-order valence-corrected chi connectivity index (χ3v) is 7.16. The molecule has 3 heterocycles. The maximum atomic E-state index is 13.5. The van der Waals surface area contributed by atoms with Gasteiger partial charge in [0.25, 0.3) is 11.8 Å². The van der Waals surface area contributed by atoms with Gasteiger partial charge in [-0.1, -0.05) is 32.0 Å². The number of amides is 2. The number of rotatable bonds is 6. The molecule has 0 saturated carbocycles. The normalized spacial score (nSPS) is 16.5. The van der Waals surface area contributed by atoms with Gasteiger partial charge in [-0.05, 0) is 72.2 Å². The van der Waals surface area contributed by atoms with Crippen LogP contribution in [0.15, 0.2) is 71.7 Å². The molecule has 0 unspecified atom stereocenters. The molecule has 5 nitrogen and oxygen atoms in total. The van der Waals surface area contributed by atoms with Gasteiger partial charge in [-0.15, -0.1) is 11.3 Å². The minimum Gasteiger partial charge on any atom is -0.372 e. The summed E-state index contributed by atoms with van der Waals surface area (Å²) in [6.45, 7) is 6.40. The highest BCUT2D eigenvalue weighted by Gasteiger charge is 2.40. The van der Waals surface area contributed by atoms with E-state index in [1.165, 1.54) is 40.3 Å². The monoisotopic (exact) mass is 457 g/mol. The van der Waals surface area contributed by atoms with Crippen LogP contribution in [0.1, 0.15) is 43.0 Å². The first-order chi connectivity index (χ1) is 16.0. The van der Waals surface area contributed by atoms with Gasteiger partial charge in [0.15, 0.2) is 0 Å². The Bertz CT molecular complexity index is 1190. The van der Waals surface area contributed by atoms with Crippen LogP contribution in [0.4, 0.5) is 17.1 Å². The summed E-state index contributed by atoms with van der Waals surface area (Å²) in [7, 11) is 0. The second-order valence-electron chi connectivity index (χ2n) is 8.79. The third-order valence-electron chi connectivity index (χ3n) is 6.28. The minimum absolute atomic E-state index is 0.295. The number of hydrogen-bond acceptors (Lipinski definition) is 5. The molecule has 2 aromatic carbocycles. The summed E-state index contributed by atoms with van der Waals surface area (Å²) < 4.78 is 0. The zero-order valence-electron chi connectivity index (χ0n) is 18.9. The van der Waals surface area contributed by atoms with E-state index in [-0.39, 0.29) is 11.8 Å². The molecule has 168 valence electrons. The van der Waals surface area contributed by atoms with E-state index in [0.29, 0.717) is 22.9 Å². The van der Waals surface area contributed by atoms with Gasteiger partial charge in [0, 0.05) is 29.3 Å². The summed E-state index contributed by atoms with van der Waals surface area (Å²) in [6.07, 6.45) is 2.45. The van der Waals surface area contributed by atoms with Crippen molar-refractivity contribution in [2.75, 3.05) is 28.2 Å². The zero-order valence-corrected chi connectivity index (χ0v) is 19.7. The lowest BCUT2D eigenvalue weighted by Crippen LogP contribution is -2.32. The SMILES string of the molecule is CC(C)c1ccc(N2C(=O)C(Nc3ccc(N4CCCC4)cc3)=C(c3cccs3)C2=O)cc1. The van der Waals surface area contributed by atoms with Crippen molar-refractivity contribution in [2.45, 2.75) is 32.6 Å². The van der Waals surface area contributed by atoms with E-state index < -0.39 is 0 Å². The van der Waals surface area contributed by atoms with E-state index in [0.717, 1.165) is 23.7 Å². The van der Waals surface area contributed by atoms with Crippen molar-refractivity contribution in [3.63, 3.8) is 0 Å². The zero-order chi connectivity index (χ0) is 22.9. The van der Waals surface area contributed by atoms with Crippen molar-refractivity contribution in [3.8, 4) is 0 Å². The van der Waals surface area contributed by atoms with Crippen molar-refractivity contribution in [1.82, 2.24) is 0 Å². The van der Waals surface area contributed by atoms with E-state index in [1.807, 2.05) is 53.9 Å². The first kappa shape index (κ1) is 21.5. The number of carbonyl (C=O) groups is 2. The number of carbonyl (C=O) groups excluding carboxylic acids is 2. The van der Waals surface area contributed by atoms with Gasteiger partial charge in [0.1, 0.15) is 5.70 Å². The molecule has 6 heteroatoms. The summed E-state index contributed by atoms with van der Waals surface area (Å²) >= 11 is 1.46. The van der Waals surface area contributed by atoms with Crippen LogP contribution in [-0.2, 0) is 9.59 Å². The molecule has 2 aliphatic heterocycles. The lowest BCUT2D eigenvalue weighted by Gasteiger charge is -2.18. The predicted octanol–water partition coefficient (Wildman–Crippen LogP) is 5.87. The Morgan fingerprint density at radius 2 is 1.52 bits per heavy atom. The topological polar surface area (TPSA) is 52.7 Å². The van der Waals surface area contributed by atoms with Crippen molar-refractivity contribution < 1.29 is 9.59 Å². The standard InChI is InChI=1S/C27H27N3O2S/c1-18(2)19-7-11-22(12-8-19)30-26(31)24(23-6-5-17-33-23)25(27(30)32)28-20-9-13-21(14-10-20)29-15-3-4-16-29/h5-14,17-18,28H,3-4,15-16H2,1-2H3. The highest BCUT2D eigenvalue weighted by atomic mass is 32.1. The summed E-state index contributed by atoms with van der Waals surface area (Å²) in [4.78, 5) is 31.4. The third kappa shape index (κ3) is 4.07. The molecule has 0 atom stereocenters. The number of benzene rings is 2. The molecule has 1 fully saturated rings. The summed E-state index contributed by atoms with van der Waals surface area (Å²) in [5, 5.41) is 5.18. The molecule has 0 aliphatic carbocycles. The van der Waals surface area contributed by atoms with Crippen LogP contribution >= 0.6 is 11.3 Å². The van der Waals surface area contributed by atoms with Crippen LogP contribution in [0.3, 0.4) is 0 Å². The van der Waals surface area contributed by atoms with Gasteiger partial charge >= 0.3 is 0 Å². The number of hydrogen-bond donors (Lipinski definition) is 1. The van der Waals surface area contributed by atoms with E-state index in [2.05, 4.69) is 36.2 Å². The summed E-state index contributed by atoms with van der Waals surface area (Å²) in [6, 6.07) is 19.5.